The van der Waals surface area contributed by atoms with Crippen LogP contribution in [0.25, 0.3) is 6.08 Å². The van der Waals surface area contributed by atoms with Gasteiger partial charge in [-0.1, -0.05) is 29.8 Å². The van der Waals surface area contributed by atoms with Gasteiger partial charge in [0.2, 0.25) is 0 Å². The smallest absolute Gasteiger partial charge is 0.262 e. The Morgan fingerprint density at radius 1 is 1.06 bits per heavy atom. The Morgan fingerprint density at radius 2 is 1.88 bits per heavy atom. The Balaban J connectivity index is 1.46. The molecule has 174 valence electrons. The van der Waals surface area contributed by atoms with Crippen LogP contribution in [-0.2, 0) is 4.79 Å². The number of hydrogen-bond acceptors (Lipinski definition) is 6. The Hall–Kier alpha value is -3.97. The number of amides is 1. The third-order valence-corrected chi connectivity index (χ3v) is 5.47. The van der Waals surface area contributed by atoms with E-state index in [1.807, 2.05) is 0 Å². The van der Waals surface area contributed by atoms with Gasteiger partial charge >= 0.3 is 0 Å². The average molecular weight is 480 g/mol. The number of methoxy groups -OCH3 is 2. The van der Waals surface area contributed by atoms with E-state index in [-0.39, 0.29) is 24.9 Å². The van der Waals surface area contributed by atoms with Gasteiger partial charge in [-0.05, 0) is 54.1 Å². The number of Topliss-reactive ketones (excluding diaryl/α,β-unsaturated/α-hetero) is 1. The van der Waals surface area contributed by atoms with Gasteiger partial charge in [-0.3, -0.25) is 9.59 Å². The van der Waals surface area contributed by atoms with Crippen molar-refractivity contribution >= 4 is 35.1 Å². The Morgan fingerprint density at radius 3 is 2.65 bits per heavy atom. The second-order valence-electron chi connectivity index (χ2n) is 7.38. The molecule has 1 aliphatic heterocycles. The molecule has 0 unspecified atom stereocenters. The number of ketones is 1. The topological polar surface area (TPSA) is 83.1 Å². The zero-order valence-corrected chi connectivity index (χ0v) is 19.3. The van der Waals surface area contributed by atoms with Gasteiger partial charge in [0.05, 0.1) is 30.5 Å². The minimum absolute atomic E-state index is 0.129. The van der Waals surface area contributed by atoms with E-state index in [1.54, 1.807) is 73.8 Å². The molecule has 34 heavy (non-hydrogen) atoms. The van der Waals surface area contributed by atoms with Crippen LogP contribution in [0.4, 0.5) is 5.69 Å². The highest BCUT2D eigenvalue weighted by atomic mass is 35.5. The van der Waals surface area contributed by atoms with Crippen molar-refractivity contribution in [2.75, 3.05) is 32.8 Å². The van der Waals surface area contributed by atoms with Crippen molar-refractivity contribution in [1.82, 2.24) is 0 Å². The minimum Gasteiger partial charge on any atom is -0.497 e. The predicted molar refractivity (Wildman–Crippen MR) is 129 cm³/mol. The molecule has 0 spiro atoms. The molecule has 0 aromatic heterocycles. The first-order valence-electron chi connectivity index (χ1n) is 10.4. The molecule has 3 aromatic rings. The van der Waals surface area contributed by atoms with E-state index in [0.717, 1.165) is 5.56 Å². The van der Waals surface area contributed by atoms with Crippen molar-refractivity contribution in [2.45, 2.75) is 0 Å². The summed E-state index contributed by atoms with van der Waals surface area (Å²) in [6.45, 7) is -0.0755. The normalized spacial score (nSPS) is 13.6. The van der Waals surface area contributed by atoms with Crippen molar-refractivity contribution in [3.05, 3.63) is 82.4 Å². The predicted octanol–water partition coefficient (Wildman–Crippen LogP) is 5.03. The number of nitrogens with one attached hydrogen (secondary N) is 1. The maximum Gasteiger partial charge on any atom is 0.262 e. The number of halogens is 1. The van der Waals surface area contributed by atoms with E-state index in [4.69, 9.17) is 30.5 Å². The third-order valence-electron chi connectivity index (χ3n) is 5.14. The minimum atomic E-state index is -0.361. The average Bonchev–Trinajstić information content (AvgIpc) is 2.86. The molecule has 0 radical (unpaired) electrons. The van der Waals surface area contributed by atoms with Gasteiger partial charge in [0.15, 0.2) is 23.9 Å². The van der Waals surface area contributed by atoms with Gasteiger partial charge in [-0.15, -0.1) is 0 Å². The number of carbonyl (C=O) groups is 2. The van der Waals surface area contributed by atoms with Crippen molar-refractivity contribution in [1.29, 1.82) is 0 Å². The summed E-state index contributed by atoms with van der Waals surface area (Å²) in [6, 6.07) is 17.2. The van der Waals surface area contributed by atoms with Crippen LogP contribution in [-0.4, -0.2) is 39.1 Å². The molecule has 1 heterocycles. The summed E-state index contributed by atoms with van der Waals surface area (Å²) in [5.41, 5.74) is 2.18. The molecule has 0 aliphatic carbocycles. The molecule has 0 saturated carbocycles. The summed E-state index contributed by atoms with van der Waals surface area (Å²) in [6.07, 6.45) is 1.74. The molecule has 0 bridgehead atoms. The van der Waals surface area contributed by atoms with Gasteiger partial charge < -0.3 is 24.3 Å². The van der Waals surface area contributed by atoms with Crippen LogP contribution in [0.15, 0.2) is 66.2 Å². The first-order valence-corrected chi connectivity index (χ1v) is 10.8. The second-order valence-corrected chi connectivity index (χ2v) is 7.78. The Kier molecular flexibility index (Phi) is 7.04. The van der Waals surface area contributed by atoms with Crippen LogP contribution in [0.5, 0.6) is 23.0 Å². The summed E-state index contributed by atoms with van der Waals surface area (Å²) < 4.78 is 22.0. The lowest BCUT2D eigenvalue weighted by Crippen LogP contribution is -2.20. The molecule has 1 N–H and O–H groups in total. The number of benzene rings is 3. The molecule has 0 atom stereocenters. The molecule has 0 saturated heterocycles. The molecule has 0 fully saturated rings. The second kappa shape index (κ2) is 10.3. The maximum atomic E-state index is 12.9. The molecular weight excluding hydrogens is 458 g/mol. The molecule has 1 aliphatic rings. The summed E-state index contributed by atoms with van der Waals surface area (Å²) in [4.78, 5) is 25.2. The van der Waals surface area contributed by atoms with Gasteiger partial charge in [0, 0.05) is 5.57 Å². The van der Waals surface area contributed by atoms with Crippen LogP contribution in [0, 0.1) is 0 Å². The van der Waals surface area contributed by atoms with Crippen molar-refractivity contribution < 1.29 is 28.5 Å². The van der Waals surface area contributed by atoms with Crippen LogP contribution in [0.2, 0.25) is 5.02 Å². The van der Waals surface area contributed by atoms with Crippen molar-refractivity contribution in [2.24, 2.45) is 0 Å². The lowest BCUT2D eigenvalue weighted by atomic mass is 9.98. The van der Waals surface area contributed by atoms with Crippen LogP contribution < -0.4 is 24.3 Å². The zero-order chi connectivity index (χ0) is 24.1. The molecule has 8 heteroatoms. The van der Waals surface area contributed by atoms with Gasteiger partial charge in [-0.2, -0.15) is 0 Å². The number of para-hydroxylation sites is 1. The Labute approximate surface area is 201 Å². The fourth-order valence-corrected chi connectivity index (χ4v) is 3.61. The largest absolute Gasteiger partial charge is 0.497 e. The van der Waals surface area contributed by atoms with E-state index < -0.39 is 0 Å². The molecule has 3 aromatic carbocycles. The molecule has 1 amide bonds. The first-order chi connectivity index (χ1) is 16.5. The highest BCUT2D eigenvalue weighted by Gasteiger charge is 2.24. The maximum absolute atomic E-state index is 12.9. The number of fused-ring (bicyclic) bond motifs is 1. The van der Waals surface area contributed by atoms with Crippen LogP contribution in [0.3, 0.4) is 0 Å². The fourth-order valence-electron chi connectivity index (χ4n) is 3.43. The first kappa shape index (κ1) is 23.2. The van der Waals surface area contributed by atoms with Crippen molar-refractivity contribution in [3.63, 3.8) is 0 Å². The number of carbonyl (C=O) groups excluding carboxylic acids is 2. The van der Waals surface area contributed by atoms with Crippen molar-refractivity contribution in [3.8, 4) is 23.0 Å². The number of anilines is 1. The molecule has 7 nitrogen and oxygen atoms in total. The van der Waals surface area contributed by atoms with E-state index in [0.29, 0.717) is 44.8 Å². The fraction of sp³-hybridized carbons (Fsp3) is 0.154. The monoisotopic (exact) mass is 479 g/mol. The summed E-state index contributed by atoms with van der Waals surface area (Å²) in [5, 5.41) is 3.14. The standard InChI is InChI=1S/C26H22ClNO6/c1-31-18-8-10-22-19(13-18)26(30)17(14-33-22)11-16-7-9-23(24(12-16)32-2)34-15-25(29)28-21-6-4-3-5-20(21)27/h3-13H,14-15H2,1-2H3,(H,28,29)/b17-11+. The van der Waals surface area contributed by atoms with Gasteiger partial charge in [0.25, 0.3) is 5.91 Å². The summed E-state index contributed by atoms with van der Waals surface area (Å²) in [5.74, 6) is 1.43. The number of ether oxygens (including phenoxy) is 4. The number of hydrogen-bond donors (Lipinski definition) is 1. The van der Waals surface area contributed by atoms with E-state index in [9.17, 15) is 9.59 Å². The van der Waals surface area contributed by atoms with E-state index in [2.05, 4.69) is 5.32 Å². The van der Waals surface area contributed by atoms with Gasteiger partial charge in [0.1, 0.15) is 18.1 Å². The summed E-state index contributed by atoms with van der Waals surface area (Å²) >= 11 is 6.06. The lowest BCUT2D eigenvalue weighted by molar-refractivity contribution is -0.118. The zero-order valence-electron chi connectivity index (χ0n) is 18.6. The highest BCUT2D eigenvalue weighted by molar-refractivity contribution is 6.33. The SMILES string of the molecule is COc1ccc2c(c1)C(=O)/C(=C/c1ccc(OCC(=O)Nc3ccccc3Cl)c(OC)c1)CO2. The van der Waals surface area contributed by atoms with E-state index in [1.165, 1.54) is 7.11 Å². The highest BCUT2D eigenvalue weighted by Crippen LogP contribution is 2.33. The quantitative estimate of drug-likeness (QED) is 0.478. The summed E-state index contributed by atoms with van der Waals surface area (Å²) in [7, 11) is 3.04. The third kappa shape index (κ3) is 5.15. The molecule has 4 rings (SSSR count). The van der Waals surface area contributed by atoms with Crippen LogP contribution in [0.1, 0.15) is 15.9 Å². The lowest BCUT2D eigenvalue weighted by Gasteiger charge is -2.19. The van der Waals surface area contributed by atoms with Crippen LogP contribution >= 0.6 is 11.6 Å². The van der Waals surface area contributed by atoms with Gasteiger partial charge in [-0.25, -0.2) is 0 Å². The van der Waals surface area contributed by atoms with E-state index >= 15 is 0 Å². The molecular formula is C26H22ClNO6. The number of rotatable bonds is 7. The Bertz CT molecular complexity index is 1270.